The Morgan fingerprint density at radius 3 is 3.00 bits per heavy atom. The lowest BCUT2D eigenvalue weighted by Crippen LogP contribution is -2.38. The molecule has 0 spiro atoms. The fourth-order valence-corrected chi connectivity index (χ4v) is 2.64. The quantitative estimate of drug-likeness (QED) is 0.480. The predicted octanol–water partition coefficient (Wildman–Crippen LogP) is 1.64. The molecule has 0 bridgehead atoms. The smallest absolute Gasteiger partial charge is 0.256 e. The lowest BCUT2D eigenvalue weighted by molar-refractivity contribution is 0.0680. The van der Waals surface area contributed by atoms with Crippen molar-refractivity contribution in [3.05, 3.63) is 39.5 Å². The molecule has 18 heavy (non-hydrogen) atoms. The average Bonchev–Trinajstić information content (AvgIpc) is 2.72. The van der Waals surface area contributed by atoms with E-state index in [9.17, 15) is 9.90 Å². The number of amides is 1. The maximum atomic E-state index is 12.4. The van der Waals surface area contributed by atoms with Crippen LogP contribution in [0.5, 0.6) is 0 Å². The van der Waals surface area contributed by atoms with Crippen LogP contribution in [0.1, 0.15) is 16.8 Å². The van der Waals surface area contributed by atoms with Gasteiger partial charge in [-0.1, -0.05) is 12.2 Å². The van der Waals surface area contributed by atoms with Crippen molar-refractivity contribution in [2.45, 2.75) is 12.5 Å². The molecule has 1 saturated heterocycles. The lowest BCUT2D eigenvalue weighted by atomic mass is 10.1. The van der Waals surface area contributed by atoms with Gasteiger partial charge in [0, 0.05) is 15.8 Å². The first-order valence-corrected chi connectivity index (χ1v) is 6.74. The van der Waals surface area contributed by atoms with Crippen molar-refractivity contribution in [2.75, 3.05) is 18.9 Å². The zero-order valence-corrected chi connectivity index (χ0v) is 12.1. The van der Waals surface area contributed by atoms with Gasteiger partial charge < -0.3 is 15.7 Å². The van der Waals surface area contributed by atoms with Gasteiger partial charge in [0.1, 0.15) is 0 Å². The van der Waals surface area contributed by atoms with Crippen LogP contribution in [0.2, 0.25) is 0 Å². The molecule has 0 radical (unpaired) electrons. The summed E-state index contributed by atoms with van der Waals surface area (Å²) in [5.41, 5.74) is 7.77. The number of likely N-dealkylation sites (tertiary alicyclic amines) is 1. The van der Waals surface area contributed by atoms with Gasteiger partial charge >= 0.3 is 0 Å². The molecule has 4 nitrogen and oxygen atoms in total. The Labute approximate surface area is 120 Å². The second-order valence-corrected chi connectivity index (χ2v) is 5.70. The summed E-state index contributed by atoms with van der Waals surface area (Å²) in [6.07, 6.45) is 0.659. The van der Waals surface area contributed by atoms with Crippen LogP contribution in [0.4, 0.5) is 5.69 Å². The molecule has 1 aromatic rings. The highest BCUT2D eigenvalue weighted by Gasteiger charge is 2.31. The Balaban J connectivity index is 2.30. The molecule has 1 amide bonds. The zero-order valence-electron chi connectivity index (χ0n) is 9.90. The van der Waals surface area contributed by atoms with E-state index < -0.39 is 0 Å². The Kier molecular flexibility index (Phi) is 3.91. The first-order valence-electron chi connectivity index (χ1n) is 5.66. The van der Waals surface area contributed by atoms with E-state index in [4.69, 9.17) is 5.73 Å². The van der Waals surface area contributed by atoms with Crippen molar-refractivity contribution in [1.29, 1.82) is 0 Å². The Morgan fingerprint density at radius 1 is 1.61 bits per heavy atom. The van der Waals surface area contributed by atoms with E-state index >= 15 is 0 Å². The molecule has 0 saturated carbocycles. The van der Waals surface area contributed by atoms with Gasteiger partial charge in [0.25, 0.3) is 5.91 Å². The number of rotatable bonds is 2. The van der Waals surface area contributed by atoms with Crippen molar-refractivity contribution < 1.29 is 9.90 Å². The van der Waals surface area contributed by atoms with Gasteiger partial charge in [-0.3, -0.25) is 4.79 Å². The van der Waals surface area contributed by atoms with Crippen molar-refractivity contribution in [3.63, 3.8) is 0 Å². The summed E-state index contributed by atoms with van der Waals surface area (Å²) in [4.78, 5) is 14.1. The summed E-state index contributed by atoms with van der Waals surface area (Å²) < 4.78 is 0.962. The number of aliphatic hydroxyl groups is 1. The maximum Gasteiger partial charge on any atom is 0.256 e. The SMILES string of the molecule is C=C1C[C@@H](CO)N(C(=O)c2cc(I)ccc2N)C1. The standard InChI is InChI=1S/C13H15IN2O2/c1-8-4-10(7-17)16(6-8)13(18)11-5-9(14)2-3-12(11)15/h2-3,5,10,17H,1,4,6-7,15H2/t10-/m0/s1. The molecule has 96 valence electrons. The largest absolute Gasteiger partial charge is 0.398 e. The number of nitrogen functional groups attached to an aromatic ring is 1. The summed E-state index contributed by atoms with van der Waals surface area (Å²) in [5.74, 6) is -0.135. The fourth-order valence-electron chi connectivity index (χ4n) is 2.15. The van der Waals surface area contributed by atoms with Gasteiger partial charge in [0.15, 0.2) is 0 Å². The molecule has 0 unspecified atom stereocenters. The summed E-state index contributed by atoms with van der Waals surface area (Å²) in [6.45, 7) is 4.33. The molecular weight excluding hydrogens is 343 g/mol. The van der Waals surface area contributed by atoms with Crippen LogP contribution in [0.15, 0.2) is 30.4 Å². The van der Waals surface area contributed by atoms with Gasteiger partial charge in [0.2, 0.25) is 0 Å². The van der Waals surface area contributed by atoms with Crippen molar-refractivity contribution in [3.8, 4) is 0 Å². The van der Waals surface area contributed by atoms with Crippen LogP contribution in [0, 0.1) is 3.57 Å². The van der Waals surface area contributed by atoms with Crippen molar-refractivity contribution in [2.24, 2.45) is 0 Å². The van der Waals surface area contributed by atoms with E-state index in [0.29, 0.717) is 24.2 Å². The van der Waals surface area contributed by atoms with Gasteiger partial charge in [-0.15, -0.1) is 0 Å². The normalized spacial score (nSPS) is 19.3. The number of halogens is 1. The van der Waals surface area contributed by atoms with Gasteiger partial charge in [-0.25, -0.2) is 0 Å². The number of nitrogens with two attached hydrogens (primary N) is 1. The number of benzene rings is 1. The van der Waals surface area contributed by atoms with Crippen LogP contribution in [0.3, 0.4) is 0 Å². The van der Waals surface area contributed by atoms with E-state index in [-0.39, 0.29) is 18.6 Å². The number of carbonyl (C=O) groups is 1. The summed E-state index contributed by atoms with van der Waals surface area (Å²) in [7, 11) is 0. The molecule has 1 aromatic carbocycles. The van der Waals surface area contributed by atoms with Gasteiger partial charge in [0.05, 0.1) is 18.2 Å². The molecule has 1 fully saturated rings. The molecule has 1 aliphatic rings. The highest BCUT2D eigenvalue weighted by molar-refractivity contribution is 14.1. The molecule has 3 N–H and O–H groups in total. The van der Waals surface area contributed by atoms with Crippen LogP contribution in [-0.2, 0) is 0 Å². The van der Waals surface area contributed by atoms with E-state index in [0.717, 1.165) is 9.14 Å². The van der Waals surface area contributed by atoms with Gasteiger partial charge in [-0.2, -0.15) is 0 Å². The van der Waals surface area contributed by atoms with E-state index in [2.05, 4.69) is 29.2 Å². The molecule has 1 atom stereocenters. The molecule has 1 aliphatic heterocycles. The first-order chi connectivity index (χ1) is 8.52. The molecule has 5 heteroatoms. The molecule has 1 heterocycles. The summed E-state index contributed by atoms with van der Waals surface area (Å²) in [6, 6.07) is 5.18. The lowest BCUT2D eigenvalue weighted by Gasteiger charge is -2.23. The van der Waals surface area contributed by atoms with Crippen LogP contribution in [-0.4, -0.2) is 35.1 Å². The Hall–Kier alpha value is -1.08. The van der Waals surface area contributed by atoms with Crippen molar-refractivity contribution in [1.82, 2.24) is 4.90 Å². The third-order valence-electron chi connectivity index (χ3n) is 3.08. The van der Waals surface area contributed by atoms with Crippen LogP contribution >= 0.6 is 22.6 Å². The Bertz CT molecular complexity index is 502. The summed E-state index contributed by atoms with van der Waals surface area (Å²) in [5, 5.41) is 9.31. The maximum absolute atomic E-state index is 12.4. The highest BCUT2D eigenvalue weighted by Crippen LogP contribution is 2.25. The fraction of sp³-hybridized carbons (Fsp3) is 0.308. The number of nitrogens with zero attached hydrogens (tertiary/aromatic N) is 1. The molecule has 2 rings (SSSR count). The molecular formula is C13H15IN2O2. The minimum Gasteiger partial charge on any atom is -0.398 e. The summed E-state index contributed by atoms with van der Waals surface area (Å²) >= 11 is 2.14. The number of aliphatic hydroxyl groups excluding tert-OH is 1. The van der Waals surface area contributed by atoms with E-state index in [1.807, 2.05) is 6.07 Å². The van der Waals surface area contributed by atoms with Gasteiger partial charge in [-0.05, 0) is 47.2 Å². The Morgan fingerprint density at radius 2 is 2.33 bits per heavy atom. The highest BCUT2D eigenvalue weighted by atomic mass is 127. The van der Waals surface area contributed by atoms with Crippen LogP contribution in [0.25, 0.3) is 0 Å². The second-order valence-electron chi connectivity index (χ2n) is 4.46. The minimum atomic E-state index is -0.178. The van der Waals surface area contributed by atoms with E-state index in [1.54, 1.807) is 17.0 Å². The van der Waals surface area contributed by atoms with E-state index in [1.165, 1.54) is 0 Å². The number of hydrogen-bond acceptors (Lipinski definition) is 3. The first kappa shape index (κ1) is 13.4. The second kappa shape index (κ2) is 5.27. The molecule has 0 aliphatic carbocycles. The number of anilines is 1. The van der Waals surface area contributed by atoms with Crippen molar-refractivity contribution >= 4 is 34.2 Å². The molecule has 0 aromatic heterocycles. The zero-order chi connectivity index (χ0) is 13.3. The monoisotopic (exact) mass is 358 g/mol. The third kappa shape index (κ3) is 2.51. The average molecular weight is 358 g/mol. The minimum absolute atomic E-state index is 0.0470. The predicted molar refractivity (Wildman–Crippen MR) is 79.2 cm³/mol. The third-order valence-corrected chi connectivity index (χ3v) is 3.75. The van der Waals surface area contributed by atoms with Crippen LogP contribution < -0.4 is 5.73 Å². The topological polar surface area (TPSA) is 66.6 Å². The number of hydrogen-bond donors (Lipinski definition) is 2. The number of carbonyl (C=O) groups excluding carboxylic acids is 1.